The number of aromatic amines is 1. The highest BCUT2D eigenvalue weighted by molar-refractivity contribution is 5.92. The molecule has 0 saturated carbocycles. The summed E-state index contributed by atoms with van der Waals surface area (Å²) in [6.07, 6.45) is 2.48. The molecule has 0 aliphatic rings. The first-order valence-electron chi connectivity index (χ1n) is 8.30. The number of nitrogens with zero attached hydrogens (tertiary/aromatic N) is 1. The Morgan fingerprint density at radius 1 is 1.20 bits per heavy atom. The third-order valence-electron chi connectivity index (χ3n) is 3.96. The summed E-state index contributed by atoms with van der Waals surface area (Å²) in [5, 5.41) is 13.5. The molecule has 0 bridgehead atoms. The Morgan fingerprint density at radius 3 is 2.80 bits per heavy atom. The van der Waals surface area contributed by atoms with Crippen LogP contribution >= 0.6 is 0 Å². The number of H-pyrrole nitrogens is 1. The molecule has 6 nitrogen and oxygen atoms in total. The molecule has 0 aliphatic carbocycles. The van der Waals surface area contributed by atoms with Crippen LogP contribution in [0.1, 0.15) is 17.5 Å². The molecule has 0 aliphatic heterocycles. The van der Waals surface area contributed by atoms with E-state index in [1.54, 1.807) is 6.20 Å². The normalized spacial score (nSPS) is 10.6. The van der Waals surface area contributed by atoms with Crippen molar-refractivity contribution in [2.45, 2.75) is 20.3 Å². The Balaban J connectivity index is 1.40. The van der Waals surface area contributed by atoms with Crippen LogP contribution in [0.4, 0.5) is 10.5 Å². The SMILES string of the molecule is Cc1cccc(C)c1OCCCNC(=O)Nc1ccc2cn[nH]c2c1. The van der Waals surface area contributed by atoms with Crippen molar-refractivity contribution in [3.05, 3.63) is 53.7 Å². The van der Waals surface area contributed by atoms with Gasteiger partial charge in [0.2, 0.25) is 0 Å². The van der Waals surface area contributed by atoms with E-state index in [0.29, 0.717) is 13.2 Å². The number of hydrogen-bond donors (Lipinski definition) is 3. The van der Waals surface area contributed by atoms with Crippen LogP contribution in [0.5, 0.6) is 5.75 Å². The van der Waals surface area contributed by atoms with Gasteiger partial charge in [0.25, 0.3) is 0 Å². The third-order valence-corrected chi connectivity index (χ3v) is 3.96. The fourth-order valence-electron chi connectivity index (χ4n) is 2.67. The van der Waals surface area contributed by atoms with Gasteiger partial charge in [-0.05, 0) is 49.6 Å². The van der Waals surface area contributed by atoms with E-state index in [0.717, 1.165) is 39.9 Å². The van der Waals surface area contributed by atoms with Crippen molar-refractivity contribution < 1.29 is 9.53 Å². The second-order valence-electron chi connectivity index (χ2n) is 5.98. The zero-order chi connectivity index (χ0) is 17.6. The standard InChI is InChI=1S/C19H22N4O2/c1-13-5-3-6-14(2)18(13)25-10-4-9-20-19(24)22-16-8-7-15-12-21-23-17(15)11-16/h3,5-8,11-12H,4,9-10H2,1-2H3,(H,21,23)(H2,20,22,24). The van der Waals surface area contributed by atoms with Gasteiger partial charge in [-0.25, -0.2) is 4.79 Å². The molecule has 0 saturated heterocycles. The molecule has 6 heteroatoms. The molecule has 3 rings (SSSR count). The summed E-state index contributed by atoms with van der Waals surface area (Å²) in [6, 6.07) is 11.5. The Morgan fingerprint density at radius 2 is 2.00 bits per heavy atom. The van der Waals surface area contributed by atoms with Gasteiger partial charge in [-0.3, -0.25) is 5.10 Å². The highest BCUT2D eigenvalue weighted by Crippen LogP contribution is 2.22. The summed E-state index contributed by atoms with van der Waals surface area (Å²) in [4.78, 5) is 11.9. The Bertz CT molecular complexity index is 852. The molecule has 0 spiro atoms. The van der Waals surface area contributed by atoms with E-state index in [1.807, 2.05) is 50.2 Å². The number of fused-ring (bicyclic) bond motifs is 1. The minimum Gasteiger partial charge on any atom is -0.493 e. The molecule has 3 aromatic rings. The molecule has 2 amide bonds. The van der Waals surface area contributed by atoms with Crippen LogP contribution in [-0.4, -0.2) is 29.4 Å². The van der Waals surface area contributed by atoms with Gasteiger partial charge >= 0.3 is 6.03 Å². The van der Waals surface area contributed by atoms with Gasteiger partial charge in [0.15, 0.2) is 0 Å². The molecule has 25 heavy (non-hydrogen) atoms. The summed E-state index contributed by atoms with van der Waals surface area (Å²) < 4.78 is 5.82. The number of anilines is 1. The summed E-state index contributed by atoms with van der Waals surface area (Å²) in [5.74, 6) is 0.930. The number of nitrogens with one attached hydrogen (secondary N) is 3. The number of rotatable bonds is 6. The van der Waals surface area contributed by atoms with E-state index in [4.69, 9.17) is 4.74 Å². The lowest BCUT2D eigenvalue weighted by molar-refractivity contribution is 0.250. The van der Waals surface area contributed by atoms with Crippen molar-refractivity contribution in [2.24, 2.45) is 0 Å². The van der Waals surface area contributed by atoms with E-state index in [-0.39, 0.29) is 6.03 Å². The van der Waals surface area contributed by atoms with Crippen molar-refractivity contribution >= 4 is 22.6 Å². The molecule has 0 radical (unpaired) electrons. The van der Waals surface area contributed by atoms with Crippen LogP contribution in [0.2, 0.25) is 0 Å². The van der Waals surface area contributed by atoms with E-state index in [1.165, 1.54) is 0 Å². The first-order chi connectivity index (χ1) is 12.1. The van der Waals surface area contributed by atoms with E-state index in [2.05, 4.69) is 20.8 Å². The van der Waals surface area contributed by atoms with Crippen molar-refractivity contribution in [1.82, 2.24) is 15.5 Å². The first kappa shape index (κ1) is 16.8. The van der Waals surface area contributed by atoms with Gasteiger partial charge in [-0.1, -0.05) is 18.2 Å². The number of para-hydroxylation sites is 1. The minimum absolute atomic E-state index is 0.231. The second kappa shape index (κ2) is 7.70. The first-order valence-corrected chi connectivity index (χ1v) is 8.30. The van der Waals surface area contributed by atoms with Gasteiger partial charge in [0, 0.05) is 17.6 Å². The van der Waals surface area contributed by atoms with E-state index >= 15 is 0 Å². The quantitative estimate of drug-likeness (QED) is 0.599. The summed E-state index contributed by atoms with van der Waals surface area (Å²) in [5.41, 5.74) is 3.86. The lowest BCUT2D eigenvalue weighted by Gasteiger charge is -2.12. The number of hydrogen-bond acceptors (Lipinski definition) is 3. The van der Waals surface area contributed by atoms with Gasteiger partial charge in [-0.15, -0.1) is 0 Å². The number of ether oxygens (including phenoxy) is 1. The van der Waals surface area contributed by atoms with Crippen molar-refractivity contribution in [2.75, 3.05) is 18.5 Å². The van der Waals surface area contributed by atoms with Gasteiger partial charge < -0.3 is 15.4 Å². The molecule has 2 aromatic carbocycles. The molecule has 0 atom stereocenters. The Labute approximate surface area is 146 Å². The molecule has 1 heterocycles. The lowest BCUT2D eigenvalue weighted by Crippen LogP contribution is -2.30. The van der Waals surface area contributed by atoms with Crippen molar-refractivity contribution in [1.29, 1.82) is 0 Å². The third kappa shape index (κ3) is 4.29. The predicted molar refractivity (Wildman–Crippen MR) is 99.1 cm³/mol. The number of aromatic nitrogens is 2. The molecule has 3 N–H and O–H groups in total. The maximum absolute atomic E-state index is 11.9. The number of urea groups is 1. The maximum Gasteiger partial charge on any atom is 0.319 e. The Hall–Kier alpha value is -3.02. The van der Waals surface area contributed by atoms with E-state index < -0.39 is 0 Å². The van der Waals surface area contributed by atoms with Gasteiger partial charge in [0.05, 0.1) is 18.3 Å². The smallest absolute Gasteiger partial charge is 0.319 e. The zero-order valence-corrected chi connectivity index (χ0v) is 14.4. The predicted octanol–water partition coefficient (Wildman–Crippen LogP) is 3.77. The fraction of sp³-hybridized carbons (Fsp3) is 0.263. The van der Waals surface area contributed by atoms with Crippen LogP contribution in [0.25, 0.3) is 10.9 Å². The highest BCUT2D eigenvalue weighted by Gasteiger charge is 2.05. The number of amides is 2. The lowest BCUT2D eigenvalue weighted by atomic mass is 10.1. The minimum atomic E-state index is -0.231. The molecular formula is C19H22N4O2. The molecule has 0 unspecified atom stereocenters. The van der Waals surface area contributed by atoms with Gasteiger partial charge in [0.1, 0.15) is 5.75 Å². The fourth-order valence-corrected chi connectivity index (χ4v) is 2.67. The van der Waals surface area contributed by atoms with Crippen molar-refractivity contribution in [3.63, 3.8) is 0 Å². The largest absolute Gasteiger partial charge is 0.493 e. The van der Waals surface area contributed by atoms with Crippen molar-refractivity contribution in [3.8, 4) is 5.75 Å². The molecule has 0 fully saturated rings. The summed E-state index contributed by atoms with van der Waals surface area (Å²) in [7, 11) is 0. The topological polar surface area (TPSA) is 79.0 Å². The van der Waals surface area contributed by atoms with Crippen LogP contribution in [0.15, 0.2) is 42.6 Å². The van der Waals surface area contributed by atoms with Crippen LogP contribution in [0.3, 0.4) is 0 Å². The molecule has 1 aromatic heterocycles. The average molecular weight is 338 g/mol. The zero-order valence-electron chi connectivity index (χ0n) is 14.4. The molecule has 130 valence electrons. The molecular weight excluding hydrogens is 316 g/mol. The average Bonchev–Trinajstić information content (AvgIpc) is 3.04. The Kier molecular flexibility index (Phi) is 5.18. The maximum atomic E-state index is 11.9. The van der Waals surface area contributed by atoms with Gasteiger partial charge in [-0.2, -0.15) is 5.10 Å². The number of carbonyl (C=O) groups is 1. The number of carbonyl (C=O) groups excluding carboxylic acids is 1. The van der Waals surface area contributed by atoms with E-state index in [9.17, 15) is 4.79 Å². The number of aryl methyl sites for hydroxylation is 2. The highest BCUT2D eigenvalue weighted by atomic mass is 16.5. The summed E-state index contributed by atoms with van der Waals surface area (Å²) in [6.45, 7) is 5.17. The number of benzene rings is 2. The monoisotopic (exact) mass is 338 g/mol. The van der Waals surface area contributed by atoms with Crippen LogP contribution < -0.4 is 15.4 Å². The second-order valence-corrected chi connectivity index (χ2v) is 5.98. The van der Waals surface area contributed by atoms with Crippen LogP contribution in [0, 0.1) is 13.8 Å². The summed E-state index contributed by atoms with van der Waals surface area (Å²) >= 11 is 0. The van der Waals surface area contributed by atoms with Crippen LogP contribution in [-0.2, 0) is 0 Å².